The smallest absolute Gasteiger partial charge is 0.254 e. The molecule has 33 heavy (non-hydrogen) atoms. The van der Waals surface area contributed by atoms with Crippen molar-refractivity contribution in [2.45, 2.75) is 39.2 Å². The average Bonchev–Trinajstić information content (AvgIpc) is 3.04. The van der Waals surface area contributed by atoms with Gasteiger partial charge in [0, 0.05) is 42.0 Å². The van der Waals surface area contributed by atoms with E-state index in [9.17, 15) is 9.18 Å². The molecule has 2 aliphatic rings. The first-order chi connectivity index (χ1) is 16.0. The number of fused-ring (bicyclic) bond motifs is 1. The van der Waals surface area contributed by atoms with E-state index in [1.807, 2.05) is 30.0 Å². The van der Waals surface area contributed by atoms with Gasteiger partial charge in [0.1, 0.15) is 5.82 Å². The third-order valence-electron chi connectivity index (χ3n) is 7.28. The highest BCUT2D eigenvalue weighted by Crippen LogP contribution is 2.57. The molecule has 1 aromatic carbocycles. The molecule has 2 unspecified atom stereocenters. The molecule has 6 nitrogen and oxygen atoms in total. The Morgan fingerprint density at radius 3 is 2.70 bits per heavy atom. The van der Waals surface area contributed by atoms with Crippen molar-refractivity contribution in [2.75, 3.05) is 13.2 Å². The Balaban J connectivity index is 1.43. The predicted octanol–water partition coefficient (Wildman–Crippen LogP) is 4.70. The summed E-state index contributed by atoms with van der Waals surface area (Å²) in [4.78, 5) is 28.7. The van der Waals surface area contributed by atoms with Crippen molar-refractivity contribution in [3.8, 4) is 17.3 Å². The van der Waals surface area contributed by atoms with Gasteiger partial charge in [0.15, 0.2) is 5.82 Å². The fraction of sp³-hybridized carbons (Fsp3) is 0.385. The summed E-state index contributed by atoms with van der Waals surface area (Å²) in [7, 11) is 0. The fourth-order valence-corrected chi connectivity index (χ4v) is 5.52. The molecule has 1 aliphatic heterocycles. The minimum absolute atomic E-state index is 0.0154. The number of halogens is 1. The van der Waals surface area contributed by atoms with Crippen molar-refractivity contribution in [3.05, 3.63) is 71.9 Å². The molecule has 3 aromatic rings. The SMILES string of the molecule is CCC1N(C(=O)c2cc(C)ccc2-c2ncccn2)CC2CC[C@]21COc1ccc(F)cn1. The molecular weight excluding hydrogens is 419 g/mol. The average molecular weight is 447 g/mol. The number of carbonyl (C=O) groups excluding carboxylic acids is 1. The number of aromatic nitrogens is 3. The zero-order chi connectivity index (χ0) is 23.0. The first-order valence-electron chi connectivity index (χ1n) is 11.4. The summed E-state index contributed by atoms with van der Waals surface area (Å²) in [6.45, 7) is 5.30. The number of carbonyl (C=O) groups is 1. The van der Waals surface area contributed by atoms with Crippen LogP contribution in [-0.4, -0.2) is 45.0 Å². The van der Waals surface area contributed by atoms with E-state index in [0.717, 1.165) is 36.6 Å². The van der Waals surface area contributed by atoms with Crippen molar-refractivity contribution in [1.82, 2.24) is 19.9 Å². The summed E-state index contributed by atoms with van der Waals surface area (Å²) in [5, 5.41) is 0. The van der Waals surface area contributed by atoms with Crippen molar-refractivity contribution in [2.24, 2.45) is 11.3 Å². The number of rotatable bonds is 6. The molecule has 2 aromatic heterocycles. The number of likely N-dealkylation sites (tertiary alicyclic amines) is 1. The lowest BCUT2D eigenvalue weighted by Crippen LogP contribution is -2.51. The third kappa shape index (κ3) is 3.75. The Hall–Kier alpha value is -3.35. The number of benzene rings is 1. The van der Waals surface area contributed by atoms with E-state index < -0.39 is 0 Å². The van der Waals surface area contributed by atoms with Crippen LogP contribution in [0.2, 0.25) is 0 Å². The maximum Gasteiger partial charge on any atom is 0.254 e. The fourth-order valence-electron chi connectivity index (χ4n) is 5.52. The lowest BCUT2D eigenvalue weighted by atomic mass is 9.59. The number of hydrogen-bond acceptors (Lipinski definition) is 5. The van der Waals surface area contributed by atoms with Gasteiger partial charge in [-0.1, -0.05) is 24.6 Å². The molecule has 170 valence electrons. The van der Waals surface area contributed by atoms with Crippen molar-refractivity contribution in [3.63, 3.8) is 0 Å². The van der Waals surface area contributed by atoms with E-state index in [1.165, 1.54) is 6.07 Å². The van der Waals surface area contributed by atoms with Crippen LogP contribution in [0.5, 0.6) is 5.88 Å². The van der Waals surface area contributed by atoms with Crippen molar-refractivity contribution in [1.29, 1.82) is 0 Å². The van der Waals surface area contributed by atoms with Gasteiger partial charge in [-0.3, -0.25) is 4.79 Å². The van der Waals surface area contributed by atoms with Gasteiger partial charge in [-0.25, -0.2) is 19.3 Å². The molecule has 0 N–H and O–H groups in total. The maximum absolute atomic E-state index is 13.9. The van der Waals surface area contributed by atoms with Gasteiger partial charge < -0.3 is 9.64 Å². The lowest BCUT2D eigenvalue weighted by molar-refractivity contribution is -0.0117. The summed E-state index contributed by atoms with van der Waals surface area (Å²) >= 11 is 0. The topological polar surface area (TPSA) is 68.2 Å². The predicted molar refractivity (Wildman–Crippen MR) is 122 cm³/mol. The Labute approximate surface area is 192 Å². The second-order valence-electron chi connectivity index (χ2n) is 9.08. The monoisotopic (exact) mass is 446 g/mol. The van der Waals surface area contributed by atoms with Crippen LogP contribution in [0, 0.1) is 24.1 Å². The van der Waals surface area contributed by atoms with Crippen molar-refractivity contribution < 1.29 is 13.9 Å². The number of aryl methyl sites for hydroxylation is 1. The van der Waals surface area contributed by atoms with Crippen LogP contribution >= 0.6 is 0 Å². The van der Waals surface area contributed by atoms with E-state index in [4.69, 9.17) is 4.74 Å². The second kappa shape index (κ2) is 8.54. The standard InChI is InChI=1S/C26H27FN4O2/c1-3-22-26(16-33-23-8-6-19(27)14-30-23)10-9-18(26)15-31(22)25(32)21-13-17(2)5-7-20(21)24-28-11-4-12-29-24/h4-8,11-14,18,22H,3,9-10,15-16H2,1-2H3/t18?,22?,26-/m0/s1. The van der Waals surface area contributed by atoms with Gasteiger partial charge in [0.05, 0.1) is 18.4 Å². The number of nitrogens with zero attached hydrogens (tertiary/aromatic N) is 4. The minimum Gasteiger partial charge on any atom is -0.477 e. The normalized spacial score (nSPS) is 23.7. The Bertz CT molecular complexity index is 1150. The minimum atomic E-state index is -0.387. The van der Waals surface area contributed by atoms with E-state index in [1.54, 1.807) is 24.5 Å². The third-order valence-corrected chi connectivity index (χ3v) is 7.28. The molecular formula is C26H27FN4O2. The van der Waals surface area contributed by atoms with Crippen LogP contribution in [0.3, 0.4) is 0 Å². The van der Waals surface area contributed by atoms with E-state index in [0.29, 0.717) is 36.3 Å². The van der Waals surface area contributed by atoms with E-state index in [-0.39, 0.29) is 23.2 Å². The molecule has 3 atom stereocenters. The molecule has 1 aliphatic carbocycles. The molecule has 0 radical (unpaired) electrons. The van der Waals surface area contributed by atoms with Crippen LogP contribution in [-0.2, 0) is 0 Å². The highest BCUT2D eigenvalue weighted by molar-refractivity contribution is 6.00. The van der Waals surface area contributed by atoms with Crippen LogP contribution in [0.25, 0.3) is 11.4 Å². The highest BCUT2D eigenvalue weighted by Gasteiger charge is 2.60. The van der Waals surface area contributed by atoms with Crippen molar-refractivity contribution >= 4 is 5.91 Å². The lowest BCUT2D eigenvalue weighted by Gasteiger charge is -2.47. The molecule has 1 amide bonds. The van der Waals surface area contributed by atoms with Gasteiger partial charge in [0.25, 0.3) is 5.91 Å². The molecule has 7 heteroatoms. The molecule has 1 saturated carbocycles. The quantitative estimate of drug-likeness (QED) is 0.549. The summed E-state index contributed by atoms with van der Waals surface area (Å²) in [6, 6.07) is 10.6. The zero-order valence-electron chi connectivity index (χ0n) is 18.9. The zero-order valence-corrected chi connectivity index (χ0v) is 18.9. The first-order valence-corrected chi connectivity index (χ1v) is 11.4. The van der Waals surface area contributed by atoms with Gasteiger partial charge in [-0.15, -0.1) is 0 Å². The molecule has 0 spiro atoms. The van der Waals surface area contributed by atoms with Gasteiger partial charge in [0.2, 0.25) is 5.88 Å². The van der Waals surface area contributed by atoms with Gasteiger partial charge in [-0.2, -0.15) is 0 Å². The van der Waals surface area contributed by atoms with E-state index >= 15 is 0 Å². The number of ether oxygens (including phenoxy) is 1. The van der Waals surface area contributed by atoms with Crippen LogP contribution in [0.1, 0.15) is 42.1 Å². The Morgan fingerprint density at radius 1 is 1.21 bits per heavy atom. The summed E-state index contributed by atoms with van der Waals surface area (Å²) < 4.78 is 19.2. The molecule has 5 rings (SSSR count). The maximum atomic E-state index is 13.9. The number of hydrogen-bond donors (Lipinski definition) is 0. The Morgan fingerprint density at radius 2 is 2.03 bits per heavy atom. The van der Waals surface area contributed by atoms with Crippen LogP contribution < -0.4 is 4.74 Å². The number of amides is 1. The van der Waals surface area contributed by atoms with Crippen LogP contribution in [0.15, 0.2) is 55.0 Å². The van der Waals surface area contributed by atoms with Gasteiger partial charge in [-0.05, 0) is 50.3 Å². The second-order valence-corrected chi connectivity index (χ2v) is 9.08. The molecule has 1 saturated heterocycles. The molecule has 3 heterocycles. The van der Waals surface area contributed by atoms with Gasteiger partial charge >= 0.3 is 0 Å². The summed E-state index contributed by atoms with van der Waals surface area (Å²) in [5.74, 6) is 0.979. The first kappa shape index (κ1) is 21.5. The number of pyridine rings is 1. The highest BCUT2D eigenvalue weighted by atomic mass is 19.1. The largest absolute Gasteiger partial charge is 0.477 e. The molecule has 0 bridgehead atoms. The van der Waals surface area contributed by atoms with E-state index in [2.05, 4.69) is 21.9 Å². The molecule has 2 fully saturated rings. The summed E-state index contributed by atoms with van der Waals surface area (Å²) in [5.41, 5.74) is 2.31. The Kier molecular flexibility index (Phi) is 5.56. The van der Waals surface area contributed by atoms with Crippen LogP contribution in [0.4, 0.5) is 4.39 Å². The summed E-state index contributed by atoms with van der Waals surface area (Å²) in [6.07, 6.45) is 7.46.